The Morgan fingerprint density at radius 2 is 1.47 bits per heavy atom. The zero-order valence-electron chi connectivity index (χ0n) is 16.9. The molecular formula is C24H20N2O6. The number of carboxylic acid groups (broad SMARTS) is 1. The minimum Gasteiger partial charge on any atom is -0.481 e. The molecule has 0 saturated carbocycles. The summed E-state index contributed by atoms with van der Waals surface area (Å²) in [6.45, 7) is 0.419. The van der Waals surface area contributed by atoms with Gasteiger partial charge >= 0.3 is 17.9 Å². The van der Waals surface area contributed by atoms with Crippen LogP contribution in [-0.4, -0.2) is 23.0 Å². The van der Waals surface area contributed by atoms with Gasteiger partial charge in [-0.2, -0.15) is 0 Å². The van der Waals surface area contributed by atoms with Gasteiger partial charge in [-0.3, -0.25) is 4.79 Å². The van der Waals surface area contributed by atoms with Crippen molar-refractivity contribution >= 4 is 17.9 Å². The van der Waals surface area contributed by atoms with Crippen LogP contribution in [0.5, 0.6) is 0 Å². The van der Waals surface area contributed by atoms with Crippen molar-refractivity contribution in [3.8, 4) is 11.1 Å². The van der Waals surface area contributed by atoms with Crippen molar-refractivity contribution in [2.24, 2.45) is 11.5 Å². The van der Waals surface area contributed by atoms with E-state index >= 15 is 0 Å². The van der Waals surface area contributed by atoms with Crippen molar-refractivity contribution in [3.63, 3.8) is 0 Å². The van der Waals surface area contributed by atoms with Crippen molar-refractivity contribution in [3.05, 3.63) is 94.0 Å². The van der Waals surface area contributed by atoms with Crippen molar-refractivity contribution in [1.29, 1.82) is 0 Å². The summed E-state index contributed by atoms with van der Waals surface area (Å²) in [5.41, 5.74) is 15.1. The Morgan fingerprint density at radius 3 is 2.06 bits per heavy atom. The third-order valence-corrected chi connectivity index (χ3v) is 5.46. The lowest BCUT2D eigenvalue weighted by Gasteiger charge is -2.19. The number of hydrogen-bond donors (Lipinski definition) is 3. The first-order valence-corrected chi connectivity index (χ1v) is 9.85. The van der Waals surface area contributed by atoms with E-state index in [9.17, 15) is 19.5 Å². The molecule has 0 saturated heterocycles. The summed E-state index contributed by atoms with van der Waals surface area (Å²) in [5, 5.41) is 9.89. The number of rotatable bonds is 5. The predicted octanol–water partition coefficient (Wildman–Crippen LogP) is 2.73. The normalized spacial score (nSPS) is 13.8. The second-order valence-corrected chi connectivity index (χ2v) is 7.30. The highest BCUT2D eigenvalue weighted by Crippen LogP contribution is 2.42. The number of aliphatic carboxylic acids is 1. The monoisotopic (exact) mass is 432 g/mol. The van der Waals surface area contributed by atoms with Crippen LogP contribution in [0.15, 0.2) is 60.7 Å². The molecule has 5 N–H and O–H groups in total. The SMILES string of the molecule is NCc1ccc(C(=O)OOC(=O)c2ccc(CN)c3c2-c2ccc(cc2)C3C(=O)O)cc1. The molecule has 2 bridgehead atoms. The van der Waals surface area contributed by atoms with Gasteiger partial charge in [0.25, 0.3) is 0 Å². The molecule has 8 nitrogen and oxygen atoms in total. The van der Waals surface area contributed by atoms with Gasteiger partial charge in [0.15, 0.2) is 0 Å². The van der Waals surface area contributed by atoms with Gasteiger partial charge < -0.3 is 16.6 Å². The fraction of sp³-hybridized carbons (Fsp3) is 0.125. The predicted molar refractivity (Wildman–Crippen MR) is 114 cm³/mol. The highest BCUT2D eigenvalue weighted by molar-refractivity contribution is 6.01. The smallest absolute Gasteiger partial charge is 0.386 e. The van der Waals surface area contributed by atoms with E-state index in [0.717, 1.165) is 5.56 Å². The molecule has 0 amide bonds. The average Bonchev–Trinajstić information content (AvgIpc) is 3.08. The molecule has 32 heavy (non-hydrogen) atoms. The van der Waals surface area contributed by atoms with Crippen LogP contribution < -0.4 is 11.5 Å². The van der Waals surface area contributed by atoms with Crippen LogP contribution in [0.1, 0.15) is 48.9 Å². The lowest BCUT2D eigenvalue weighted by atomic mass is 9.84. The van der Waals surface area contributed by atoms with Crippen molar-refractivity contribution in [1.82, 2.24) is 0 Å². The molecular weight excluding hydrogens is 412 g/mol. The molecule has 3 aromatic carbocycles. The quantitative estimate of drug-likeness (QED) is 0.413. The van der Waals surface area contributed by atoms with Crippen LogP contribution in [0.4, 0.5) is 0 Å². The number of carbonyl (C=O) groups excluding carboxylic acids is 2. The molecule has 2 aliphatic rings. The molecule has 0 aromatic heterocycles. The zero-order valence-corrected chi connectivity index (χ0v) is 16.9. The van der Waals surface area contributed by atoms with Gasteiger partial charge in [-0.25, -0.2) is 19.4 Å². The van der Waals surface area contributed by atoms with Gasteiger partial charge in [0.2, 0.25) is 0 Å². The van der Waals surface area contributed by atoms with Gasteiger partial charge in [0.05, 0.1) is 11.1 Å². The minimum absolute atomic E-state index is 0.0715. The molecule has 3 aromatic rings. The molecule has 0 fully saturated rings. The van der Waals surface area contributed by atoms with Crippen LogP contribution in [-0.2, 0) is 27.7 Å². The molecule has 0 aliphatic heterocycles. The van der Waals surface area contributed by atoms with Crippen LogP contribution in [0.2, 0.25) is 0 Å². The summed E-state index contributed by atoms with van der Waals surface area (Å²) in [7, 11) is 0. The number of benzene rings is 3. The Balaban J connectivity index is 1.66. The summed E-state index contributed by atoms with van der Waals surface area (Å²) in [4.78, 5) is 46.7. The summed E-state index contributed by atoms with van der Waals surface area (Å²) in [5.74, 6) is -3.83. The third kappa shape index (κ3) is 3.73. The van der Waals surface area contributed by atoms with E-state index in [2.05, 4.69) is 0 Å². The van der Waals surface area contributed by atoms with Crippen molar-refractivity contribution in [2.75, 3.05) is 0 Å². The van der Waals surface area contributed by atoms with Crippen molar-refractivity contribution in [2.45, 2.75) is 19.0 Å². The maximum Gasteiger partial charge on any atom is 0.386 e. The molecule has 0 radical (unpaired) electrons. The molecule has 162 valence electrons. The number of carbonyl (C=O) groups is 3. The molecule has 2 aliphatic carbocycles. The van der Waals surface area contributed by atoms with Gasteiger partial charge in [-0.05, 0) is 46.0 Å². The maximum absolute atomic E-state index is 12.9. The lowest BCUT2D eigenvalue weighted by Crippen LogP contribution is -2.19. The van der Waals surface area contributed by atoms with Crippen LogP contribution in [0.3, 0.4) is 0 Å². The number of carboxylic acids is 1. The van der Waals surface area contributed by atoms with Gasteiger partial charge in [-0.1, -0.05) is 42.5 Å². The van der Waals surface area contributed by atoms with Gasteiger partial charge in [0.1, 0.15) is 5.92 Å². The molecule has 0 spiro atoms. The molecule has 5 rings (SSSR count). The van der Waals surface area contributed by atoms with Gasteiger partial charge in [0, 0.05) is 18.7 Å². The van der Waals surface area contributed by atoms with E-state index in [1.165, 1.54) is 18.2 Å². The standard InChI is InChI=1S/C24H20N2O6/c25-11-13-1-3-16(4-2-13)23(29)31-32-24(30)18-10-9-17(12-26)20-19(18)14-5-7-15(8-6-14)21(20)22(27)28/h1-10,21H,11-12,25-26H2,(H,27,28). The van der Waals surface area contributed by atoms with E-state index in [0.29, 0.717) is 34.4 Å². The highest BCUT2D eigenvalue weighted by atomic mass is 17.2. The highest BCUT2D eigenvalue weighted by Gasteiger charge is 2.33. The second kappa shape index (κ2) is 8.62. The molecule has 1 atom stereocenters. The Bertz CT molecular complexity index is 1200. The van der Waals surface area contributed by atoms with E-state index in [-0.39, 0.29) is 17.7 Å². The summed E-state index contributed by atoms with van der Waals surface area (Å²) < 4.78 is 0. The van der Waals surface area contributed by atoms with Crippen LogP contribution >= 0.6 is 0 Å². The second-order valence-electron chi connectivity index (χ2n) is 7.30. The van der Waals surface area contributed by atoms with Crippen LogP contribution in [0.25, 0.3) is 11.1 Å². The Hall–Kier alpha value is -4.01. The molecule has 0 heterocycles. The van der Waals surface area contributed by atoms with Crippen LogP contribution in [0, 0.1) is 0 Å². The Labute approximate surface area is 183 Å². The zero-order chi connectivity index (χ0) is 22.8. The topological polar surface area (TPSA) is 142 Å². The summed E-state index contributed by atoms with van der Waals surface area (Å²) in [6.07, 6.45) is 0. The van der Waals surface area contributed by atoms with E-state index in [4.69, 9.17) is 21.2 Å². The van der Waals surface area contributed by atoms with Crippen molar-refractivity contribution < 1.29 is 29.3 Å². The fourth-order valence-electron chi connectivity index (χ4n) is 3.87. The first kappa shape index (κ1) is 21.2. The Kier molecular flexibility index (Phi) is 5.72. The van der Waals surface area contributed by atoms with E-state index < -0.39 is 23.8 Å². The summed E-state index contributed by atoms with van der Waals surface area (Å²) in [6, 6.07) is 16.3. The molecule has 8 heteroatoms. The largest absolute Gasteiger partial charge is 0.481 e. The van der Waals surface area contributed by atoms with E-state index in [1.807, 2.05) is 0 Å². The fourth-order valence-corrected chi connectivity index (χ4v) is 3.87. The van der Waals surface area contributed by atoms with Gasteiger partial charge in [-0.15, -0.1) is 0 Å². The number of nitrogens with two attached hydrogens (primary N) is 2. The van der Waals surface area contributed by atoms with E-state index in [1.54, 1.807) is 42.5 Å². The molecule has 1 unspecified atom stereocenters. The number of fused-ring (bicyclic) bond motifs is 2. The minimum atomic E-state index is -1.06. The summed E-state index contributed by atoms with van der Waals surface area (Å²) >= 11 is 0. The first-order chi connectivity index (χ1) is 15.4. The Morgan fingerprint density at radius 1 is 0.812 bits per heavy atom. The lowest BCUT2D eigenvalue weighted by molar-refractivity contribution is -0.187. The third-order valence-electron chi connectivity index (χ3n) is 5.46. The first-order valence-electron chi connectivity index (χ1n) is 9.85. The number of hydrogen-bond acceptors (Lipinski definition) is 7. The average molecular weight is 432 g/mol. The maximum atomic E-state index is 12.9.